The van der Waals surface area contributed by atoms with Crippen LogP contribution >= 0.6 is 0 Å². The van der Waals surface area contributed by atoms with Crippen molar-refractivity contribution in [2.45, 2.75) is 46.6 Å². The van der Waals surface area contributed by atoms with Gasteiger partial charge in [-0.25, -0.2) is 0 Å². The topological polar surface area (TPSA) is 52.6 Å². The van der Waals surface area contributed by atoms with Crippen molar-refractivity contribution in [2.24, 2.45) is 17.3 Å². The highest BCUT2D eigenvalue weighted by molar-refractivity contribution is 5.69. The Morgan fingerprint density at radius 1 is 1.35 bits per heavy atom. The fraction of sp³-hybridized carbons (Fsp3) is 0.846. The summed E-state index contributed by atoms with van der Waals surface area (Å²) in [6.07, 6.45) is 1.17. The number of carbonyl (C=O) groups excluding carboxylic acids is 2. The van der Waals surface area contributed by atoms with Gasteiger partial charge in [-0.05, 0) is 18.3 Å². The summed E-state index contributed by atoms with van der Waals surface area (Å²) in [6.45, 7) is 7.60. The first-order valence-corrected chi connectivity index (χ1v) is 6.03. The molecule has 1 rings (SSSR count). The molecule has 0 spiro atoms. The third-order valence-electron chi connectivity index (χ3n) is 3.89. The van der Waals surface area contributed by atoms with Crippen molar-refractivity contribution in [1.29, 1.82) is 0 Å². The predicted octanol–water partition coefficient (Wildman–Crippen LogP) is 2.16. The molecule has 1 saturated carbocycles. The van der Waals surface area contributed by atoms with Gasteiger partial charge in [0.15, 0.2) is 0 Å². The lowest BCUT2D eigenvalue weighted by Crippen LogP contribution is -2.35. The zero-order chi connectivity index (χ0) is 13.2. The van der Waals surface area contributed by atoms with Crippen molar-refractivity contribution in [3.05, 3.63) is 0 Å². The van der Waals surface area contributed by atoms with E-state index in [9.17, 15) is 9.59 Å². The highest BCUT2D eigenvalue weighted by Crippen LogP contribution is 2.49. The normalized spacial score (nSPS) is 31.0. The van der Waals surface area contributed by atoms with Crippen molar-refractivity contribution in [1.82, 2.24) is 0 Å². The Bertz CT molecular complexity index is 309. The van der Waals surface area contributed by atoms with E-state index in [2.05, 4.69) is 20.8 Å². The fourth-order valence-corrected chi connectivity index (χ4v) is 2.92. The van der Waals surface area contributed by atoms with Crippen LogP contribution in [0.25, 0.3) is 0 Å². The Hall–Kier alpha value is -1.06. The van der Waals surface area contributed by atoms with Crippen molar-refractivity contribution < 1.29 is 19.1 Å². The molecular formula is C13H22O4. The lowest BCUT2D eigenvalue weighted by molar-refractivity contribution is -0.154. The van der Waals surface area contributed by atoms with Crippen LogP contribution in [0.3, 0.4) is 0 Å². The highest BCUT2D eigenvalue weighted by atomic mass is 16.5. The summed E-state index contributed by atoms with van der Waals surface area (Å²) < 4.78 is 10.1. The van der Waals surface area contributed by atoms with E-state index in [0.717, 1.165) is 6.42 Å². The second-order valence-corrected chi connectivity index (χ2v) is 5.54. The molecule has 4 heteroatoms. The Kier molecular flexibility index (Phi) is 4.17. The van der Waals surface area contributed by atoms with Gasteiger partial charge in [0, 0.05) is 18.8 Å². The summed E-state index contributed by atoms with van der Waals surface area (Å²) >= 11 is 0. The average molecular weight is 242 g/mol. The van der Waals surface area contributed by atoms with Crippen LogP contribution in [0.5, 0.6) is 0 Å². The zero-order valence-electron chi connectivity index (χ0n) is 11.3. The van der Waals surface area contributed by atoms with Gasteiger partial charge in [-0.2, -0.15) is 0 Å². The van der Waals surface area contributed by atoms with E-state index in [0.29, 0.717) is 6.42 Å². The summed E-state index contributed by atoms with van der Waals surface area (Å²) in [5, 5.41) is 0. The smallest absolute Gasteiger partial charge is 0.305 e. The number of carbonyl (C=O) groups is 2. The molecule has 0 amide bonds. The SMILES string of the molecule is COC(=O)C[C@H]1C[C@@H](C)[C@@H](OC(C)=O)C1(C)C. The van der Waals surface area contributed by atoms with Gasteiger partial charge >= 0.3 is 11.9 Å². The van der Waals surface area contributed by atoms with Crippen LogP contribution in [-0.2, 0) is 19.1 Å². The minimum atomic E-state index is -0.256. The van der Waals surface area contributed by atoms with Crippen LogP contribution in [0.2, 0.25) is 0 Å². The predicted molar refractivity (Wildman–Crippen MR) is 63.2 cm³/mol. The Labute approximate surface area is 103 Å². The first kappa shape index (κ1) is 14.0. The molecule has 4 nitrogen and oxygen atoms in total. The second kappa shape index (κ2) is 5.07. The molecule has 0 aromatic heterocycles. The van der Waals surface area contributed by atoms with Crippen molar-refractivity contribution in [3.8, 4) is 0 Å². The fourth-order valence-electron chi connectivity index (χ4n) is 2.92. The van der Waals surface area contributed by atoms with Gasteiger partial charge in [0.2, 0.25) is 0 Å². The first-order valence-electron chi connectivity index (χ1n) is 6.03. The van der Waals surface area contributed by atoms with Gasteiger partial charge < -0.3 is 9.47 Å². The van der Waals surface area contributed by atoms with E-state index >= 15 is 0 Å². The maximum absolute atomic E-state index is 11.4. The van der Waals surface area contributed by atoms with E-state index in [-0.39, 0.29) is 35.3 Å². The largest absolute Gasteiger partial charge is 0.469 e. The number of ether oxygens (including phenoxy) is 2. The average Bonchev–Trinajstić information content (AvgIpc) is 2.41. The Balaban J connectivity index is 2.77. The summed E-state index contributed by atoms with van der Waals surface area (Å²) in [5.41, 5.74) is -0.181. The van der Waals surface area contributed by atoms with Crippen molar-refractivity contribution in [3.63, 3.8) is 0 Å². The minimum Gasteiger partial charge on any atom is -0.469 e. The molecule has 1 fully saturated rings. The Morgan fingerprint density at radius 3 is 2.41 bits per heavy atom. The maximum Gasteiger partial charge on any atom is 0.305 e. The molecule has 0 unspecified atom stereocenters. The van der Waals surface area contributed by atoms with E-state index in [1.54, 1.807) is 0 Å². The van der Waals surface area contributed by atoms with E-state index in [1.165, 1.54) is 14.0 Å². The monoisotopic (exact) mass is 242 g/mol. The molecule has 0 radical (unpaired) electrons. The summed E-state index contributed by atoms with van der Waals surface area (Å²) in [4.78, 5) is 22.5. The van der Waals surface area contributed by atoms with Gasteiger partial charge in [0.25, 0.3) is 0 Å². The van der Waals surface area contributed by atoms with Crippen LogP contribution in [0.4, 0.5) is 0 Å². The standard InChI is InChI=1S/C13H22O4/c1-8-6-10(7-11(15)16-5)13(3,4)12(8)17-9(2)14/h8,10,12H,6-7H2,1-5H3/t8-,10-,12-/m1/s1. The molecule has 0 saturated heterocycles. The molecule has 0 aromatic carbocycles. The highest BCUT2D eigenvalue weighted by Gasteiger charge is 2.49. The van der Waals surface area contributed by atoms with Gasteiger partial charge in [-0.1, -0.05) is 20.8 Å². The zero-order valence-corrected chi connectivity index (χ0v) is 11.3. The lowest BCUT2D eigenvalue weighted by Gasteiger charge is -2.32. The molecule has 3 atom stereocenters. The quantitative estimate of drug-likeness (QED) is 0.712. The molecule has 0 aliphatic heterocycles. The summed E-state index contributed by atoms with van der Waals surface area (Å²) in [5.74, 6) is 0.0326. The number of hydrogen-bond acceptors (Lipinski definition) is 4. The summed E-state index contributed by atoms with van der Waals surface area (Å²) in [7, 11) is 1.40. The van der Waals surface area contributed by atoms with E-state index < -0.39 is 0 Å². The van der Waals surface area contributed by atoms with Crippen LogP contribution < -0.4 is 0 Å². The number of rotatable bonds is 3. The second-order valence-electron chi connectivity index (χ2n) is 5.54. The van der Waals surface area contributed by atoms with Gasteiger partial charge in [0.05, 0.1) is 7.11 Å². The maximum atomic E-state index is 11.4. The third kappa shape index (κ3) is 2.99. The number of hydrogen-bond donors (Lipinski definition) is 0. The minimum absolute atomic E-state index is 0.116. The van der Waals surface area contributed by atoms with Crippen molar-refractivity contribution >= 4 is 11.9 Å². The van der Waals surface area contributed by atoms with Crippen LogP contribution in [0.15, 0.2) is 0 Å². The molecule has 98 valence electrons. The van der Waals surface area contributed by atoms with Crippen molar-refractivity contribution in [2.75, 3.05) is 7.11 Å². The van der Waals surface area contributed by atoms with Gasteiger partial charge in [0.1, 0.15) is 6.10 Å². The molecule has 0 aromatic rings. The molecular weight excluding hydrogens is 220 g/mol. The molecule has 17 heavy (non-hydrogen) atoms. The van der Waals surface area contributed by atoms with Crippen LogP contribution in [-0.4, -0.2) is 25.2 Å². The Morgan fingerprint density at radius 2 is 1.94 bits per heavy atom. The molecule has 0 N–H and O–H groups in total. The van der Waals surface area contributed by atoms with E-state index in [4.69, 9.17) is 9.47 Å². The molecule has 1 aliphatic carbocycles. The number of methoxy groups -OCH3 is 1. The molecule has 0 bridgehead atoms. The molecule has 1 aliphatic rings. The molecule has 0 heterocycles. The first-order chi connectivity index (χ1) is 7.78. The lowest BCUT2D eigenvalue weighted by atomic mass is 9.78. The van der Waals surface area contributed by atoms with Crippen LogP contribution in [0.1, 0.15) is 40.5 Å². The van der Waals surface area contributed by atoms with Gasteiger partial charge in [-0.3, -0.25) is 9.59 Å². The third-order valence-corrected chi connectivity index (χ3v) is 3.89. The summed E-state index contributed by atoms with van der Waals surface area (Å²) in [6, 6.07) is 0. The number of esters is 2. The van der Waals surface area contributed by atoms with E-state index in [1.807, 2.05) is 0 Å². The van der Waals surface area contributed by atoms with Gasteiger partial charge in [-0.15, -0.1) is 0 Å². The van der Waals surface area contributed by atoms with Crippen LogP contribution in [0, 0.1) is 17.3 Å².